The third-order valence-electron chi connectivity index (χ3n) is 3.47. The molecule has 2 nitrogen and oxygen atoms in total. The Kier molecular flexibility index (Phi) is 3.08. The van der Waals surface area contributed by atoms with Gasteiger partial charge in [-0.25, -0.2) is 0 Å². The highest BCUT2D eigenvalue weighted by Gasteiger charge is 2.17. The van der Waals surface area contributed by atoms with Crippen LogP contribution in [0, 0.1) is 6.92 Å². The zero-order valence-corrected chi connectivity index (χ0v) is 11.0. The minimum absolute atomic E-state index is 0.183. The summed E-state index contributed by atoms with van der Waals surface area (Å²) in [6.07, 6.45) is 1.38. The van der Waals surface area contributed by atoms with E-state index in [0.29, 0.717) is 18.6 Å². The molecule has 1 aliphatic heterocycles. The molecule has 0 amide bonds. The van der Waals surface area contributed by atoms with Crippen LogP contribution in [-0.4, -0.2) is 12.4 Å². The van der Waals surface area contributed by atoms with Gasteiger partial charge in [-0.2, -0.15) is 0 Å². The summed E-state index contributed by atoms with van der Waals surface area (Å²) in [6, 6.07) is 14.2. The second kappa shape index (κ2) is 4.88. The summed E-state index contributed by atoms with van der Waals surface area (Å²) in [5.41, 5.74) is 4.19. The lowest BCUT2D eigenvalue weighted by atomic mass is 10.00. The third-order valence-corrected chi connectivity index (χ3v) is 3.47. The van der Waals surface area contributed by atoms with E-state index in [-0.39, 0.29) is 5.78 Å². The largest absolute Gasteiger partial charge is 0.493 e. The fourth-order valence-electron chi connectivity index (χ4n) is 2.35. The molecule has 0 saturated carbocycles. The van der Waals surface area contributed by atoms with Crippen molar-refractivity contribution in [1.82, 2.24) is 0 Å². The van der Waals surface area contributed by atoms with Crippen LogP contribution in [0.1, 0.15) is 28.8 Å². The standard InChI is InChI=1S/C17H16O2/c1-12-4-6-13(7-5-12)14-8-9-15-16(18)3-2-10-19-17(15)11-14/h4-9,11H,2-3,10H2,1H3. The molecule has 1 aliphatic rings. The lowest BCUT2D eigenvalue weighted by molar-refractivity contribution is 0.0983. The average Bonchev–Trinajstić information content (AvgIpc) is 2.61. The first kappa shape index (κ1) is 12.0. The minimum atomic E-state index is 0.183. The zero-order chi connectivity index (χ0) is 13.2. The van der Waals surface area contributed by atoms with Gasteiger partial charge in [-0.3, -0.25) is 4.79 Å². The highest BCUT2D eigenvalue weighted by molar-refractivity contribution is 5.99. The number of rotatable bonds is 1. The summed E-state index contributed by atoms with van der Waals surface area (Å²) < 4.78 is 5.68. The van der Waals surface area contributed by atoms with Crippen molar-refractivity contribution in [3.05, 3.63) is 53.6 Å². The Hall–Kier alpha value is -2.09. The highest BCUT2D eigenvalue weighted by Crippen LogP contribution is 2.30. The molecule has 0 radical (unpaired) electrons. The summed E-state index contributed by atoms with van der Waals surface area (Å²) in [5, 5.41) is 0. The maximum absolute atomic E-state index is 11.9. The van der Waals surface area contributed by atoms with E-state index in [1.54, 1.807) is 0 Å². The molecule has 3 rings (SSSR count). The lowest BCUT2D eigenvalue weighted by Crippen LogP contribution is -1.97. The minimum Gasteiger partial charge on any atom is -0.493 e. The monoisotopic (exact) mass is 252 g/mol. The summed E-state index contributed by atoms with van der Waals surface area (Å²) in [6.45, 7) is 2.69. The van der Waals surface area contributed by atoms with Crippen molar-refractivity contribution in [2.24, 2.45) is 0 Å². The van der Waals surface area contributed by atoms with Gasteiger partial charge in [-0.1, -0.05) is 35.9 Å². The Morgan fingerprint density at radius 3 is 2.53 bits per heavy atom. The van der Waals surface area contributed by atoms with E-state index in [0.717, 1.165) is 23.3 Å². The van der Waals surface area contributed by atoms with Crippen molar-refractivity contribution in [1.29, 1.82) is 0 Å². The van der Waals surface area contributed by atoms with Gasteiger partial charge in [0.25, 0.3) is 0 Å². The Morgan fingerprint density at radius 1 is 1.00 bits per heavy atom. The molecule has 2 aromatic carbocycles. The van der Waals surface area contributed by atoms with Gasteiger partial charge in [-0.15, -0.1) is 0 Å². The first-order chi connectivity index (χ1) is 9.24. The lowest BCUT2D eigenvalue weighted by Gasteiger charge is -2.09. The van der Waals surface area contributed by atoms with Crippen molar-refractivity contribution in [3.8, 4) is 16.9 Å². The van der Waals surface area contributed by atoms with E-state index in [1.807, 2.05) is 18.2 Å². The Labute approximate surface area is 113 Å². The molecule has 0 fully saturated rings. The summed E-state index contributed by atoms with van der Waals surface area (Å²) >= 11 is 0. The van der Waals surface area contributed by atoms with Gasteiger partial charge in [0.05, 0.1) is 12.2 Å². The molecule has 0 aliphatic carbocycles. The number of hydrogen-bond donors (Lipinski definition) is 0. The second-order valence-corrected chi connectivity index (χ2v) is 4.95. The molecule has 0 spiro atoms. The number of carbonyl (C=O) groups excluding carboxylic acids is 1. The summed E-state index contributed by atoms with van der Waals surface area (Å²) in [4.78, 5) is 11.9. The molecule has 0 unspecified atom stereocenters. The Morgan fingerprint density at radius 2 is 1.74 bits per heavy atom. The van der Waals surface area contributed by atoms with Gasteiger partial charge in [-0.05, 0) is 36.6 Å². The molecule has 0 bridgehead atoms. The smallest absolute Gasteiger partial charge is 0.166 e. The first-order valence-electron chi connectivity index (χ1n) is 6.61. The molecule has 0 aromatic heterocycles. The molecule has 0 atom stereocenters. The molecular formula is C17H16O2. The van der Waals surface area contributed by atoms with Crippen LogP contribution >= 0.6 is 0 Å². The Balaban J connectivity index is 2.03. The van der Waals surface area contributed by atoms with Crippen molar-refractivity contribution in [3.63, 3.8) is 0 Å². The number of fused-ring (bicyclic) bond motifs is 1. The number of hydrogen-bond acceptors (Lipinski definition) is 2. The quantitative estimate of drug-likeness (QED) is 0.766. The number of Topliss-reactive ketones (excluding diaryl/α,β-unsaturated/α-hetero) is 1. The van der Waals surface area contributed by atoms with Crippen LogP contribution in [0.3, 0.4) is 0 Å². The number of aryl methyl sites for hydroxylation is 1. The van der Waals surface area contributed by atoms with Gasteiger partial charge in [0.1, 0.15) is 5.75 Å². The van der Waals surface area contributed by atoms with Crippen molar-refractivity contribution in [2.45, 2.75) is 19.8 Å². The number of carbonyl (C=O) groups is 1. The topological polar surface area (TPSA) is 26.3 Å². The molecule has 1 heterocycles. The van der Waals surface area contributed by atoms with Crippen LogP contribution in [0.15, 0.2) is 42.5 Å². The average molecular weight is 252 g/mol. The summed E-state index contributed by atoms with van der Waals surface area (Å²) in [7, 11) is 0. The maximum atomic E-state index is 11.9. The van der Waals surface area contributed by atoms with Crippen LogP contribution in [0.2, 0.25) is 0 Å². The van der Waals surface area contributed by atoms with Crippen LogP contribution in [0.4, 0.5) is 0 Å². The molecule has 2 aromatic rings. The molecular weight excluding hydrogens is 236 g/mol. The molecule has 2 heteroatoms. The molecule has 19 heavy (non-hydrogen) atoms. The van der Waals surface area contributed by atoms with Gasteiger partial charge in [0.15, 0.2) is 5.78 Å². The van der Waals surface area contributed by atoms with Gasteiger partial charge >= 0.3 is 0 Å². The summed E-state index contributed by atoms with van der Waals surface area (Å²) in [5.74, 6) is 0.906. The third kappa shape index (κ3) is 2.39. The maximum Gasteiger partial charge on any atom is 0.166 e. The molecule has 0 N–H and O–H groups in total. The van der Waals surface area contributed by atoms with Crippen molar-refractivity contribution < 1.29 is 9.53 Å². The van der Waals surface area contributed by atoms with Crippen LogP contribution in [0.5, 0.6) is 5.75 Å². The first-order valence-corrected chi connectivity index (χ1v) is 6.61. The Bertz CT molecular complexity index is 612. The van der Waals surface area contributed by atoms with E-state index < -0.39 is 0 Å². The van der Waals surface area contributed by atoms with E-state index in [4.69, 9.17) is 4.74 Å². The van der Waals surface area contributed by atoms with Crippen LogP contribution in [-0.2, 0) is 0 Å². The predicted octanol–water partition coefficient (Wildman–Crippen LogP) is 4.02. The molecule has 96 valence electrons. The van der Waals surface area contributed by atoms with Gasteiger partial charge in [0.2, 0.25) is 0 Å². The van der Waals surface area contributed by atoms with E-state index >= 15 is 0 Å². The number of benzene rings is 2. The number of ketones is 1. The van der Waals surface area contributed by atoms with E-state index in [9.17, 15) is 4.79 Å². The zero-order valence-electron chi connectivity index (χ0n) is 11.0. The predicted molar refractivity (Wildman–Crippen MR) is 75.7 cm³/mol. The van der Waals surface area contributed by atoms with Gasteiger partial charge < -0.3 is 4.74 Å². The normalized spacial score (nSPS) is 14.5. The van der Waals surface area contributed by atoms with Crippen molar-refractivity contribution >= 4 is 5.78 Å². The number of ether oxygens (including phenoxy) is 1. The fraction of sp³-hybridized carbons (Fsp3) is 0.235. The van der Waals surface area contributed by atoms with E-state index in [2.05, 4.69) is 31.2 Å². The second-order valence-electron chi connectivity index (χ2n) is 4.95. The van der Waals surface area contributed by atoms with E-state index in [1.165, 1.54) is 5.56 Å². The van der Waals surface area contributed by atoms with Gasteiger partial charge in [0, 0.05) is 6.42 Å². The van der Waals surface area contributed by atoms with Crippen LogP contribution < -0.4 is 4.74 Å². The molecule has 0 saturated heterocycles. The highest BCUT2D eigenvalue weighted by atomic mass is 16.5. The SMILES string of the molecule is Cc1ccc(-c2ccc3c(c2)OCCCC3=O)cc1. The van der Waals surface area contributed by atoms with Crippen LogP contribution in [0.25, 0.3) is 11.1 Å². The van der Waals surface area contributed by atoms with Crippen molar-refractivity contribution in [2.75, 3.05) is 6.61 Å². The fourth-order valence-corrected chi connectivity index (χ4v) is 2.35.